The van der Waals surface area contributed by atoms with Crippen LogP contribution in [-0.4, -0.2) is 33.7 Å². The van der Waals surface area contributed by atoms with Crippen LogP contribution in [0.3, 0.4) is 0 Å². The molecule has 0 fully saturated rings. The van der Waals surface area contributed by atoms with E-state index in [1.165, 1.54) is 19.1 Å². The third-order valence-corrected chi connectivity index (χ3v) is 4.51. The third-order valence-electron chi connectivity index (χ3n) is 4.00. The van der Waals surface area contributed by atoms with Crippen molar-refractivity contribution < 1.29 is 23.7 Å². The average molecular weight is 406 g/mol. The first kappa shape index (κ1) is 21.0. The lowest BCUT2D eigenvalue weighted by atomic mass is 9.92. The highest BCUT2D eigenvalue weighted by Gasteiger charge is 2.31. The van der Waals surface area contributed by atoms with Gasteiger partial charge >= 0.3 is 0 Å². The second-order valence-corrected chi connectivity index (χ2v) is 6.80. The summed E-state index contributed by atoms with van der Waals surface area (Å²) in [5.74, 6) is -1.48. The molecule has 1 heterocycles. The fourth-order valence-electron chi connectivity index (χ4n) is 2.54. The first-order valence-corrected chi connectivity index (χ1v) is 8.73. The molecule has 0 aliphatic rings. The van der Waals surface area contributed by atoms with E-state index in [2.05, 4.69) is 4.98 Å². The second kappa shape index (κ2) is 8.59. The lowest BCUT2D eigenvalue weighted by Crippen LogP contribution is -2.41. The van der Waals surface area contributed by atoms with Crippen LogP contribution >= 0.6 is 23.2 Å². The maximum absolute atomic E-state index is 14.2. The van der Waals surface area contributed by atoms with Crippen molar-refractivity contribution in [1.82, 2.24) is 4.98 Å². The number of benzene rings is 1. The van der Waals surface area contributed by atoms with Crippen molar-refractivity contribution in [1.29, 1.82) is 0 Å². The molecule has 1 aromatic carbocycles. The number of ether oxygens (including phenoxy) is 1. The molecule has 8 heteroatoms. The molecule has 26 heavy (non-hydrogen) atoms. The number of hydrogen-bond donors (Lipinski definition) is 2. The van der Waals surface area contributed by atoms with Gasteiger partial charge in [-0.25, -0.2) is 13.8 Å². The van der Waals surface area contributed by atoms with Crippen LogP contribution in [0.2, 0.25) is 10.3 Å². The highest BCUT2D eigenvalue weighted by molar-refractivity contribution is 6.33. The fraction of sp³-hybridized carbons (Fsp3) is 0.389. The maximum Gasteiger partial charge on any atom is 0.183 e. The van der Waals surface area contributed by atoms with Crippen molar-refractivity contribution in [3.63, 3.8) is 0 Å². The molecule has 1 aromatic heterocycles. The Morgan fingerprint density at radius 1 is 1.23 bits per heavy atom. The Kier molecular flexibility index (Phi) is 6.93. The van der Waals surface area contributed by atoms with Gasteiger partial charge < -0.3 is 14.9 Å². The van der Waals surface area contributed by atoms with Gasteiger partial charge in [-0.05, 0) is 56.0 Å². The van der Waals surface area contributed by atoms with Crippen molar-refractivity contribution in [2.45, 2.75) is 38.6 Å². The molecule has 0 bridgehead atoms. The zero-order chi connectivity index (χ0) is 19.5. The Labute approximate surface area is 160 Å². The molecule has 2 unspecified atom stereocenters. The number of rotatable bonds is 7. The molecule has 4 nitrogen and oxygen atoms in total. The highest BCUT2D eigenvalue weighted by Crippen LogP contribution is 2.34. The minimum Gasteiger partial charge on any atom is -0.385 e. The third kappa shape index (κ3) is 4.90. The Bertz CT molecular complexity index is 787. The molecule has 0 aliphatic carbocycles. The van der Waals surface area contributed by atoms with E-state index < -0.39 is 23.5 Å². The summed E-state index contributed by atoms with van der Waals surface area (Å²) in [6.07, 6.45) is -1.17. The SMILES string of the molecule is CCOC(O)C(C)(O)CCc1c(-c2ccc(F)cc2F)cc(Cl)nc1Cl. The van der Waals surface area contributed by atoms with E-state index in [-0.39, 0.29) is 35.3 Å². The van der Waals surface area contributed by atoms with Gasteiger partial charge in [0, 0.05) is 18.2 Å². The van der Waals surface area contributed by atoms with Crippen LogP contribution in [-0.2, 0) is 11.2 Å². The van der Waals surface area contributed by atoms with Crippen LogP contribution in [0.15, 0.2) is 24.3 Å². The number of aliphatic hydroxyl groups is 2. The molecule has 2 aromatic rings. The van der Waals surface area contributed by atoms with Crippen LogP contribution in [0.5, 0.6) is 0 Å². The molecule has 0 radical (unpaired) electrons. The van der Waals surface area contributed by atoms with E-state index in [9.17, 15) is 19.0 Å². The summed E-state index contributed by atoms with van der Waals surface area (Å²) in [6.45, 7) is 3.34. The Morgan fingerprint density at radius 3 is 2.54 bits per heavy atom. The van der Waals surface area contributed by atoms with Crippen molar-refractivity contribution in [2.24, 2.45) is 0 Å². The topological polar surface area (TPSA) is 62.6 Å². The number of pyridine rings is 1. The first-order chi connectivity index (χ1) is 12.2. The van der Waals surface area contributed by atoms with E-state index >= 15 is 0 Å². The zero-order valence-corrected chi connectivity index (χ0v) is 15.8. The lowest BCUT2D eigenvalue weighted by molar-refractivity contribution is -0.205. The van der Waals surface area contributed by atoms with E-state index in [1.807, 2.05) is 0 Å². The molecule has 0 aliphatic heterocycles. The van der Waals surface area contributed by atoms with Crippen molar-refractivity contribution in [3.8, 4) is 11.1 Å². The number of aliphatic hydroxyl groups excluding tert-OH is 1. The van der Waals surface area contributed by atoms with E-state index in [0.717, 1.165) is 12.1 Å². The summed E-state index contributed by atoms with van der Waals surface area (Å²) in [6, 6.07) is 4.59. The van der Waals surface area contributed by atoms with Gasteiger partial charge in [-0.1, -0.05) is 23.2 Å². The van der Waals surface area contributed by atoms with Gasteiger partial charge in [-0.3, -0.25) is 0 Å². The molecule has 2 rings (SSSR count). The molecule has 0 amide bonds. The molecule has 0 saturated carbocycles. The molecule has 2 atom stereocenters. The van der Waals surface area contributed by atoms with Crippen LogP contribution in [0.1, 0.15) is 25.8 Å². The van der Waals surface area contributed by atoms with Crippen LogP contribution < -0.4 is 0 Å². The highest BCUT2D eigenvalue weighted by atomic mass is 35.5. The van der Waals surface area contributed by atoms with E-state index in [4.69, 9.17) is 27.9 Å². The number of aromatic nitrogens is 1. The summed E-state index contributed by atoms with van der Waals surface area (Å²) >= 11 is 12.1. The smallest absolute Gasteiger partial charge is 0.183 e. The molecule has 0 saturated heterocycles. The average Bonchev–Trinajstić information content (AvgIpc) is 2.53. The van der Waals surface area contributed by atoms with Gasteiger partial charge in [0.25, 0.3) is 0 Å². The predicted octanol–water partition coefficient (Wildman–Crippen LogP) is 4.37. The summed E-state index contributed by atoms with van der Waals surface area (Å²) in [5.41, 5.74) is -0.685. The zero-order valence-electron chi connectivity index (χ0n) is 14.3. The summed E-state index contributed by atoms with van der Waals surface area (Å²) < 4.78 is 32.5. The Hall–Kier alpha value is -1.31. The normalized spacial score (nSPS) is 14.9. The van der Waals surface area contributed by atoms with Crippen molar-refractivity contribution in [3.05, 3.63) is 51.8 Å². The number of nitrogens with zero attached hydrogens (tertiary/aromatic N) is 1. The molecule has 142 valence electrons. The standard InChI is InChI=1S/C18H19Cl2F2NO3/c1-3-26-17(24)18(2,25)7-6-12-13(9-15(19)23-16(12)20)11-5-4-10(21)8-14(11)22/h4-5,8-9,17,24-25H,3,6-7H2,1-2H3. The molecule has 2 N–H and O–H groups in total. The molecule has 0 spiro atoms. The van der Waals surface area contributed by atoms with E-state index in [0.29, 0.717) is 11.1 Å². The van der Waals surface area contributed by atoms with Crippen LogP contribution in [0.4, 0.5) is 8.78 Å². The summed E-state index contributed by atoms with van der Waals surface area (Å²) in [4.78, 5) is 3.95. The fourth-order valence-corrected chi connectivity index (χ4v) is 3.06. The Morgan fingerprint density at radius 2 is 1.92 bits per heavy atom. The second-order valence-electron chi connectivity index (χ2n) is 6.05. The van der Waals surface area contributed by atoms with Gasteiger partial charge in [0.1, 0.15) is 27.5 Å². The van der Waals surface area contributed by atoms with Crippen molar-refractivity contribution >= 4 is 23.2 Å². The van der Waals surface area contributed by atoms with Gasteiger partial charge in [0.05, 0.1) is 0 Å². The van der Waals surface area contributed by atoms with Crippen LogP contribution in [0, 0.1) is 11.6 Å². The van der Waals surface area contributed by atoms with Gasteiger partial charge in [0.2, 0.25) is 0 Å². The van der Waals surface area contributed by atoms with Crippen molar-refractivity contribution in [2.75, 3.05) is 6.61 Å². The minimum atomic E-state index is -1.56. The molecular weight excluding hydrogens is 387 g/mol. The summed E-state index contributed by atoms with van der Waals surface area (Å²) in [5, 5.41) is 20.4. The number of halogens is 4. The van der Waals surface area contributed by atoms with Gasteiger partial charge in [-0.2, -0.15) is 0 Å². The minimum absolute atomic E-state index is 0.0397. The predicted molar refractivity (Wildman–Crippen MR) is 96.2 cm³/mol. The van der Waals surface area contributed by atoms with Gasteiger partial charge in [-0.15, -0.1) is 0 Å². The van der Waals surface area contributed by atoms with Gasteiger partial charge in [0.15, 0.2) is 6.29 Å². The summed E-state index contributed by atoms with van der Waals surface area (Å²) in [7, 11) is 0. The monoisotopic (exact) mass is 405 g/mol. The molecular formula is C18H19Cl2F2NO3. The maximum atomic E-state index is 14.2. The first-order valence-electron chi connectivity index (χ1n) is 7.98. The number of hydrogen-bond acceptors (Lipinski definition) is 4. The largest absolute Gasteiger partial charge is 0.385 e. The quantitative estimate of drug-likeness (QED) is 0.530. The lowest BCUT2D eigenvalue weighted by Gasteiger charge is -2.29. The van der Waals surface area contributed by atoms with Crippen LogP contribution in [0.25, 0.3) is 11.1 Å². The van der Waals surface area contributed by atoms with E-state index in [1.54, 1.807) is 6.92 Å². The Balaban J connectivity index is 2.40.